The van der Waals surface area contributed by atoms with Crippen molar-refractivity contribution < 1.29 is 4.39 Å². The van der Waals surface area contributed by atoms with Gasteiger partial charge in [0.05, 0.1) is 0 Å². The topological polar surface area (TPSA) is 29.3 Å². The summed E-state index contributed by atoms with van der Waals surface area (Å²) in [5, 5.41) is 0. The van der Waals surface area contributed by atoms with Crippen LogP contribution in [0.15, 0.2) is 24.3 Å². The third kappa shape index (κ3) is 3.64. The van der Waals surface area contributed by atoms with Gasteiger partial charge in [0, 0.05) is 18.6 Å². The molecule has 0 amide bonds. The van der Waals surface area contributed by atoms with Gasteiger partial charge in [0.1, 0.15) is 5.82 Å². The molecule has 2 N–H and O–H groups in total. The zero-order valence-corrected chi connectivity index (χ0v) is 13.8. The van der Waals surface area contributed by atoms with Crippen molar-refractivity contribution in [1.82, 2.24) is 4.90 Å². The lowest BCUT2D eigenvalue weighted by Gasteiger charge is -2.39. The smallest absolute Gasteiger partial charge is 0.126 e. The van der Waals surface area contributed by atoms with E-state index in [4.69, 9.17) is 5.73 Å². The van der Waals surface area contributed by atoms with Crippen molar-refractivity contribution in [1.29, 1.82) is 0 Å². The van der Waals surface area contributed by atoms with Crippen LogP contribution >= 0.6 is 0 Å². The van der Waals surface area contributed by atoms with Crippen molar-refractivity contribution in [3.8, 4) is 0 Å². The molecular formula is C18H29FN2. The Morgan fingerprint density at radius 2 is 1.90 bits per heavy atom. The molecule has 1 aromatic carbocycles. The molecule has 1 aliphatic heterocycles. The monoisotopic (exact) mass is 292 g/mol. The summed E-state index contributed by atoms with van der Waals surface area (Å²) in [7, 11) is 0. The lowest BCUT2D eigenvalue weighted by Crippen LogP contribution is -2.52. The third-order valence-electron chi connectivity index (χ3n) is 5.15. The summed E-state index contributed by atoms with van der Waals surface area (Å²) in [6, 6.07) is 7.05. The average Bonchev–Trinajstić information content (AvgIpc) is 2.91. The first kappa shape index (κ1) is 16.4. The molecular weight excluding hydrogens is 263 g/mol. The molecule has 0 radical (unpaired) electrons. The fourth-order valence-corrected chi connectivity index (χ4v) is 3.32. The van der Waals surface area contributed by atoms with Crippen molar-refractivity contribution in [2.75, 3.05) is 19.6 Å². The lowest BCUT2D eigenvalue weighted by molar-refractivity contribution is 0.122. The van der Waals surface area contributed by atoms with Gasteiger partial charge in [-0.3, -0.25) is 4.90 Å². The van der Waals surface area contributed by atoms with E-state index in [9.17, 15) is 4.39 Å². The molecule has 0 spiro atoms. The van der Waals surface area contributed by atoms with Gasteiger partial charge in [-0.25, -0.2) is 4.39 Å². The molecule has 0 saturated carbocycles. The van der Waals surface area contributed by atoms with Crippen LogP contribution in [0.4, 0.5) is 4.39 Å². The second-order valence-electron chi connectivity index (χ2n) is 7.77. The molecule has 3 heteroatoms. The number of halogens is 1. The fraction of sp³-hybridized carbons (Fsp3) is 0.667. The Bertz CT molecular complexity index is 480. The van der Waals surface area contributed by atoms with E-state index in [2.05, 4.69) is 32.6 Å². The molecule has 118 valence electrons. The minimum atomic E-state index is -0.164. The lowest BCUT2D eigenvalue weighted by atomic mass is 9.80. The Labute approximate surface area is 128 Å². The summed E-state index contributed by atoms with van der Waals surface area (Å²) < 4.78 is 13.9. The highest BCUT2D eigenvalue weighted by Crippen LogP contribution is 2.37. The van der Waals surface area contributed by atoms with Crippen molar-refractivity contribution in [3.05, 3.63) is 35.6 Å². The Balaban J connectivity index is 2.13. The van der Waals surface area contributed by atoms with E-state index in [-0.39, 0.29) is 11.4 Å². The number of rotatable bonds is 4. The van der Waals surface area contributed by atoms with Crippen molar-refractivity contribution in [3.63, 3.8) is 0 Å². The maximum atomic E-state index is 13.9. The van der Waals surface area contributed by atoms with Crippen molar-refractivity contribution in [2.24, 2.45) is 17.1 Å². The Hall–Kier alpha value is -0.930. The molecule has 0 bridgehead atoms. The maximum Gasteiger partial charge on any atom is 0.126 e. The molecule has 1 saturated heterocycles. The Morgan fingerprint density at radius 1 is 1.24 bits per heavy atom. The standard InChI is InChI=1S/C18H29FN2/c1-17(2,3)15-9-10-21(12-15)18(4,13-20)11-14-7-5-6-8-16(14)19/h5-8,15H,9-13,20H2,1-4H3. The van der Waals surface area contributed by atoms with E-state index < -0.39 is 0 Å². The zero-order chi connectivity index (χ0) is 15.7. The molecule has 1 aliphatic rings. The number of benzene rings is 1. The van der Waals surface area contributed by atoms with Gasteiger partial charge in [0.25, 0.3) is 0 Å². The van der Waals surface area contributed by atoms with Crippen molar-refractivity contribution in [2.45, 2.75) is 46.1 Å². The Morgan fingerprint density at radius 3 is 2.43 bits per heavy atom. The van der Waals surface area contributed by atoms with Crippen LogP contribution in [-0.2, 0) is 6.42 Å². The van der Waals surface area contributed by atoms with Crippen LogP contribution in [-0.4, -0.2) is 30.1 Å². The van der Waals surface area contributed by atoms with Crippen LogP contribution in [0.25, 0.3) is 0 Å². The van der Waals surface area contributed by atoms with Crippen molar-refractivity contribution >= 4 is 0 Å². The summed E-state index contributed by atoms with van der Waals surface area (Å²) >= 11 is 0. The number of hydrogen-bond acceptors (Lipinski definition) is 2. The maximum absolute atomic E-state index is 13.9. The van der Waals surface area contributed by atoms with Crippen LogP contribution in [0.3, 0.4) is 0 Å². The summed E-state index contributed by atoms with van der Waals surface area (Å²) in [6.07, 6.45) is 1.88. The fourth-order valence-electron chi connectivity index (χ4n) is 3.32. The normalized spacial score (nSPS) is 23.2. The summed E-state index contributed by atoms with van der Waals surface area (Å²) in [6.45, 7) is 11.8. The minimum absolute atomic E-state index is 0.122. The highest BCUT2D eigenvalue weighted by atomic mass is 19.1. The third-order valence-corrected chi connectivity index (χ3v) is 5.15. The van der Waals surface area contributed by atoms with Gasteiger partial charge >= 0.3 is 0 Å². The molecule has 1 aromatic rings. The highest BCUT2D eigenvalue weighted by molar-refractivity contribution is 5.20. The van der Waals surface area contributed by atoms with Crippen LogP contribution in [0.2, 0.25) is 0 Å². The van der Waals surface area contributed by atoms with Crippen LogP contribution in [0.5, 0.6) is 0 Å². The molecule has 1 heterocycles. The van der Waals surface area contributed by atoms with Gasteiger partial charge in [0.15, 0.2) is 0 Å². The second-order valence-corrected chi connectivity index (χ2v) is 7.77. The summed E-state index contributed by atoms with van der Waals surface area (Å²) in [4.78, 5) is 2.47. The predicted octanol–water partition coefficient (Wildman–Crippen LogP) is 3.45. The first-order valence-corrected chi connectivity index (χ1v) is 7.95. The van der Waals surface area contributed by atoms with E-state index in [1.54, 1.807) is 6.07 Å². The number of likely N-dealkylation sites (tertiary alicyclic amines) is 1. The molecule has 21 heavy (non-hydrogen) atoms. The van der Waals surface area contributed by atoms with E-state index in [0.29, 0.717) is 24.3 Å². The molecule has 2 atom stereocenters. The first-order chi connectivity index (χ1) is 9.76. The number of nitrogens with zero attached hydrogens (tertiary/aromatic N) is 1. The predicted molar refractivity (Wildman–Crippen MR) is 86.7 cm³/mol. The number of nitrogens with two attached hydrogens (primary N) is 1. The van der Waals surface area contributed by atoms with Gasteiger partial charge in [0.2, 0.25) is 0 Å². The van der Waals surface area contributed by atoms with Gasteiger partial charge in [-0.15, -0.1) is 0 Å². The first-order valence-electron chi connectivity index (χ1n) is 7.95. The van der Waals surface area contributed by atoms with E-state index in [1.165, 1.54) is 12.5 Å². The van der Waals surface area contributed by atoms with E-state index in [1.807, 2.05) is 12.1 Å². The van der Waals surface area contributed by atoms with Gasteiger partial charge in [-0.05, 0) is 49.3 Å². The molecule has 2 unspecified atom stereocenters. The van der Waals surface area contributed by atoms with Gasteiger partial charge in [-0.1, -0.05) is 39.0 Å². The molecule has 2 rings (SSSR count). The quantitative estimate of drug-likeness (QED) is 0.921. The molecule has 0 aliphatic carbocycles. The van der Waals surface area contributed by atoms with Gasteiger partial charge in [-0.2, -0.15) is 0 Å². The zero-order valence-electron chi connectivity index (χ0n) is 13.8. The number of hydrogen-bond donors (Lipinski definition) is 1. The van der Waals surface area contributed by atoms with E-state index >= 15 is 0 Å². The molecule has 0 aromatic heterocycles. The SMILES string of the molecule is CC(C)(C)C1CCN(C(C)(CN)Cc2ccccc2F)C1. The summed E-state index contributed by atoms with van der Waals surface area (Å²) in [5.74, 6) is 0.563. The molecule has 1 fully saturated rings. The molecule has 2 nitrogen and oxygen atoms in total. The van der Waals surface area contributed by atoms with Crippen LogP contribution in [0.1, 0.15) is 39.7 Å². The largest absolute Gasteiger partial charge is 0.329 e. The van der Waals surface area contributed by atoms with Gasteiger partial charge < -0.3 is 5.73 Å². The Kier molecular flexibility index (Phi) is 4.74. The minimum Gasteiger partial charge on any atom is -0.329 e. The van der Waals surface area contributed by atoms with E-state index in [0.717, 1.165) is 18.7 Å². The average molecular weight is 292 g/mol. The van der Waals surface area contributed by atoms with Crippen LogP contribution < -0.4 is 5.73 Å². The highest BCUT2D eigenvalue weighted by Gasteiger charge is 2.39. The second kappa shape index (κ2) is 6.05. The summed E-state index contributed by atoms with van der Waals surface area (Å²) in [5.41, 5.74) is 7.00. The van der Waals surface area contributed by atoms with Crippen LogP contribution in [0, 0.1) is 17.2 Å².